The topological polar surface area (TPSA) is 47.0 Å². The second-order valence-electron chi connectivity index (χ2n) is 3.20. The summed E-state index contributed by atoms with van der Waals surface area (Å²) in [7, 11) is 1.52. The first-order valence-electron chi connectivity index (χ1n) is 4.77. The summed E-state index contributed by atoms with van der Waals surface area (Å²) in [6.45, 7) is 0. The summed E-state index contributed by atoms with van der Waals surface area (Å²) in [6, 6.07) is 6.31. The number of anilines is 2. The first-order chi connectivity index (χ1) is 8.19. The molecule has 0 unspecified atom stereocenters. The Morgan fingerprint density at radius 3 is 2.82 bits per heavy atom. The highest BCUT2D eigenvalue weighted by molar-refractivity contribution is 6.32. The Morgan fingerprint density at radius 2 is 2.12 bits per heavy atom. The molecule has 1 aromatic carbocycles. The van der Waals surface area contributed by atoms with E-state index in [2.05, 4.69) is 15.3 Å². The van der Waals surface area contributed by atoms with Crippen LogP contribution in [0.3, 0.4) is 0 Å². The van der Waals surface area contributed by atoms with Crippen molar-refractivity contribution in [3.8, 4) is 5.75 Å². The number of benzene rings is 1. The second-order valence-corrected chi connectivity index (χ2v) is 3.61. The molecule has 88 valence electrons. The molecule has 0 radical (unpaired) electrons. The van der Waals surface area contributed by atoms with Gasteiger partial charge in [0, 0.05) is 17.8 Å². The molecule has 0 bridgehead atoms. The van der Waals surface area contributed by atoms with Crippen LogP contribution in [0.15, 0.2) is 30.6 Å². The number of hydrogen-bond donors (Lipinski definition) is 1. The molecule has 2 aromatic rings. The largest absolute Gasteiger partial charge is 0.495 e. The predicted molar refractivity (Wildman–Crippen MR) is 63.3 cm³/mol. The average Bonchev–Trinajstić information content (AvgIpc) is 2.32. The summed E-state index contributed by atoms with van der Waals surface area (Å²) in [5.41, 5.74) is 0.698. The summed E-state index contributed by atoms with van der Waals surface area (Å²) >= 11 is 5.89. The standard InChI is InChI=1S/C11H9ClFN3O/c1-17-9-4-7(2-3-8(9)12)16-11-5-10(13)14-6-15-11/h2-6H,1H3,(H,14,15,16). The van der Waals surface area contributed by atoms with E-state index in [1.807, 2.05) is 0 Å². The number of rotatable bonds is 3. The smallest absolute Gasteiger partial charge is 0.218 e. The molecule has 0 spiro atoms. The van der Waals surface area contributed by atoms with Crippen LogP contribution in [0, 0.1) is 5.95 Å². The minimum atomic E-state index is -0.594. The molecule has 0 amide bonds. The van der Waals surface area contributed by atoms with Crippen LogP contribution in [0.25, 0.3) is 0 Å². The van der Waals surface area contributed by atoms with E-state index < -0.39 is 5.95 Å². The molecule has 0 atom stereocenters. The van der Waals surface area contributed by atoms with Gasteiger partial charge >= 0.3 is 0 Å². The van der Waals surface area contributed by atoms with E-state index >= 15 is 0 Å². The number of aromatic nitrogens is 2. The minimum absolute atomic E-state index is 0.363. The van der Waals surface area contributed by atoms with Crippen molar-refractivity contribution in [2.24, 2.45) is 0 Å². The van der Waals surface area contributed by atoms with E-state index in [1.54, 1.807) is 18.2 Å². The van der Waals surface area contributed by atoms with Crippen LogP contribution in [0.5, 0.6) is 5.75 Å². The predicted octanol–water partition coefficient (Wildman–Crippen LogP) is 3.02. The molecule has 0 fully saturated rings. The first kappa shape index (κ1) is 11.6. The highest BCUT2D eigenvalue weighted by atomic mass is 35.5. The molecule has 1 N–H and O–H groups in total. The summed E-state index contributed by atoms with van der Waals surface area (Å²) in [4.78, 5) is 7.24. The third-order valence-corrected chi connectivity index (χ3v) is 2.37. The minimum Gasteiger partial charge on any atom is -0.495 e. The number of hydrogen-bond acceptors (Lipinski definition) is 4. The number of methoxy groups -OCH3 is 1. The SMILES string of the molecule is COc1cc(Nc2cc(F)ncn2)ccc1Cl. The van der Waals surface area contributed by atoms with E-state index in [1.165, 1.54) is 13.2 Å². The molecule has 2 rings (SSSR count). The molecule has 0 aliphatic carbocycles. The Bertz CT molecular complexity index is 536. The highest BCUT2D eigenvalue weighted by Crippen LogP contribution is 2.28. The van der Waals surface area contributed by atoms with Gasteiger partial charge in [-0.25, -0.2) is 9.97 Å². The summed E-state index contributed by atoms with van der Waals surface area (Å²) in [5, 5.41) is 3.42. The van der Waals surface area contributed by atoms with E-state index in [0.717, 1.165) is 6.33 Å². The number of halogens is 2. The zero-order chi connectivity index (χ0) is 12.3. The Morgan fingerprint density at radius 1 is 1.29 bits per heavy atom. The maximum Gasteiger partial charge on any atom is 0.218 e. The quantitative estimate of drug-likeness (QED) is 0.854. The van der Waals surface area contributed by atoms with Gasteiger partial charge in [-0.3, -0.25) is 0 Å². The van der Waals surface area contributed by atoms with E-state index in [-0.39, 0.29) is 0 Å². The summed E-state index contributed by atoms with van der Waals surface area (Å²) < 4.78 is 17.9. The Hall–Kier alpha value is -1.88. The van der Waals surface area contributed by atoms with Crippen molar-refractivity contribution in [2.75, 3.05) is 12.4 Å². The van der Waals surface area contributed by atoms with Crippen molar-refractivity contribution in [1.82, 2.24) is 9.97 Å². The normalized spacial score (nSPS) is 10.1. The zero-order valence-electron chi connectivity index (χ0n) is 8.95. The lowest BCUT2D eigenvalue weighted by Gasteiger charge is -2.08. The Labute approximate surface area is 102 Å². The fourth-order valence-corrected chi connectivity index (χ4v) is 1.48. The fourth-order valence-electron chi connectivity index (χ4n) is 1.29. The van der Waals surface area contributed by atoms with Crippen molar-refractivity contribution in [1.29, 1.82) is 0 Å². The van der Waals surface area contributed by atoms with Gasteiger partial charge in [-0.2, -0.15) is 4.39 Å². The Balaban J connectivity index is 2.24. The van der Waals surface area contributed by atoms with E-state index in [4.69, 9.17) is 16.3 Å². The van der Waals surface area contributed by atoms with Crippen LogP contribution < -0.4 is 10.1 Å². The van der Waals surface area contributed by atoms with Gasteiger partial charge in [0.25, 0.3) is 0 Å². The molecule has 6 heteroatoms. The molecule has 0 aliphatic heterocycles. The molecule has 0 aliphatic rings. The molecule has 4 nitrogen and oxygen atoms in total. The molecule has 0 saturated carbocycles. The van der Waals surface area contributed by atoms with Gasteiger partial charge in [0.05, 0.1) is 12.1 Å². The summed E-state index contributed by atoms with van der Waals surface area (Å²) in [6.07, 6.45) is 1.14. The highest BCUT2D eigenvalue weighted by Gasteiger charge is 2.03. The van der Waals surface area contributed by atoms with Crippen LogP contribution in [0.2, 0.25) is 5.02 Å². The van der Waals surface area contributed by atoms with Crippen molar-refractivity contribution in [3.63, 3.8) is 0 Å². The van der Waals surface area contributed by atoms with Crippen molar-refractivity contribution >= 4 is 23.1 Å². The van der Waals surface area contributed by atoms with Crippen LogP contribution in [0.1, 0.15) is 0 Å². The maximum atomic E-state index is 12.8. The van der Waals surface area contributed by atoms with E-state index in [9.17, 15) is 4.39 Å². The van der Waals surface area contributed by atoms with Gasteiger partial charge in [0.1, 0.15) is 17.9 Å². The average molecular weight is 254 g/mol. The second kappa shape index (κ2) is 4.97. The van der Waals surface area contributed by atoms with E-state index in [0.29, 0.717) is 22.3 Å². The van der Waals surface area contributed by atoms with Crippen LogP contribution >= 0.6 is 11.6 Å². The third-order valence-electron chi connectivity index (χ3n) is 2.06. The van der Waals surface area contributed by atoms with Crippen LogP contribution in [0.4, 0.5) is 15.9 Å². The fraction of sp³-hybridized carbons (Fsp3) is 0.0909. The number of nitrogens with one attached hydrogen (secondary N) is 1. The van der Waals surface area contributed by atoms with Crippen LogP contribution in [-0.2, 0) is 0 Å². The zero-order valence-corrected chi connectivity index (χ0v) is 9.70. The van der Waals surface area contributed by atoms with Crippen molar-refractivity contribution < 1.29 is 9.13 Å². The molecular weight excluding hydrogens is 245 g/mol. The number of ether oxygens (including phenoxy) is 1. The van der Waals surface area contributed by atoms with Crippen LogP contribution in [-0.4, -0.2) is 17.1 Å². The van der Waals surface area contributed by atoms with Gasteiger partial charge in [0.15, 0.2) is 0 Å². The first-order valence-corrected chi connectivity index (χ1v) is 5.15. The maximum absolute atomic E-state index is 12.8. The molecule has 1 aromatic heterocycles. The van der Waals surface area contributed by atoms with Gasteiger partial charge in [-0.15, -0.1) is 0 Å². The van der Waals surface area contributed by atoms with Gasteiger partial charge in [-0.05, 0) is 12.1 Å². The van der Waals surface area contributed by atoms with Gasteiger partial charge in [0.2, 0.25) is 5.95 Å². The lowest BCUT2D eigenvalue weighted by atomic mass is 10.3. The molecule has 1 heterocycles. The summed E-state index contributed by atoms with van der Waals surface area (Å²) in [5.74, 6) is 0.302. The number of nitrogens with zero attached hydrogens (tertiary/aromatic N) is 2. The molecule has 17 heavy (non-hydrogen) atoms. The molecular formula is C11H9ClFN3O. The Kier molecular flexibility index (Phi) is 3.39. The lowest BCUT2D eigenvalue weighted by molar-refractivity contribution is 0.415. The van der Waals surface area contributed by atoms with Crippen molar-refractivity contribution in [3.05, 3.63) is 41.6 Å². The van der Waals surface area contributed by atoms with Gasteiger partial charge < -0.3 is 10.1 Å². The monoisotopic (exact) mass is 253 g/mol. The lowest BCUT2D eigenvalue weighted by Crippen LogP contribution is -1.96. The van der Waals surface area contributed by atoms with Gasteiger partial charge in [-0.1, -0.05) is 11.6 Å². The third kappa shape index (κ3) is 2.82. The molecule has 0 saturated heterocycles. The van der Waals surface area contributed by atoms with Crippen molar-refractivity contribution in [2.45, 2.75) is 0 Å².